The predicted molar refractivity (Wildman–Crippen MR) is 134 cm³/mol. The molecule has 2 atom stereocenters. The van der Waals surface area contributed by atoms with Crippen molar-refractivity contribution in [1.29, 1.82) is 0 Å². The highest BCUT2D eigenvalue weighted by Gasteiger charge is 2.31. The maximum Gasteiger partial charge on any atom is 0.196 e. The number of carbonyl (C=O) groups is 1. The second kappa shape index (κ2) is 9.47. The first-order valence-electron chi connectivity index (χ1n) is 11.1. The average molecular weight is 465 g/mol. The zero-order valence-electron chi connectivity index (χ0n) is 18.5. The number of H-pyrrole nitrogens is 1. The molecule has 3 N–H and O–H groups in total. The van der Waals surface area contributed by atoms with Crippen LogP contribution in [-0.4, -0.2) is 48.2 Å². The van der Waals surface area contributed by atoms with Crippen LogP contribution in [0.2, 0.25) is 0 Å². The number of thiol groups is 1. The van der Waals surface area contributed by atoms with Gasteiger partial charge in [0, 0.05) is 41.0 Å². The highest BCUT2D eigenvalue weighted by atomic mass is 32.2. The third-order valence-electron chi connectivity index (χ3n) is 6.10. The van der Waals surface area contributed by atoms with Gasteiger partial charge in [-0.3, -0.25) is 4.79 Å². The van der Waals surface area contributed by atoms with Crippen molar-refractivity contribution in [2.45, 2.75) is 18.2 Å². The molecular formula is C26H28N2O4S. The molecule has 3 aromatic rings. The van der Waals surface area contributed by atoms with Crippen LogP contribution in [-0.2, 0) is 11.2 Å². The summed E-state index contributed by atoms with van der Waals surface area (Å²) in [6.07, 6.45) is 3.22. The minimum absolute atomic E-state index is 0.0508. The highest BCUT2D eigenvalue weighted by molar-refractivity contribution is 8.23. The summed E-state index contributed by atoms with van der Waals surface area (Å²) in [6, 6.07) is 13.7. The third kappa shape index (κ3) is 4.44. The lowest BCUT2D eigenvalue weighted by Crippen LogP contribution is -2.28. The van der Waals surface area contributed by atoms with Crippen molar-refractivity contribution < 1.29 is 19.4 Å². The van der Waals surface area contributed by atoms with Crippen LogP contribution in [0.15, 0.2) is 70.6 Å². The molecule has 7 heteroatoms. The lowest BCUT2D eigenvalue weighted by molar-refractivity contribution is 0.0997. The van der Waals surface area contributed by atoms with Gasteiger partial charge in [0.2, 0.25) is 0 Å². The van der Waals surface area contributed by atoms with Gasteiger partial charge >= 0.3 is 0 Å². The zero-order valence-corrected chi connectivity index (χ0v) is 19.4. The van der Waals surface area contributed by atoms with Gasteiger partial charge in [-0.2, -0.15) is 10.9 Å². The molecule has 0 saturated carbocycles. The number of ether oxygens (including phenoxy) is 2. The van der Waals surface area contributed by atoms with Crippen molar-refractivity contribution in [3.8, 4) is 5.75 Å². The number of aliphatic hydroxyl groups excluding tert-OH is 1. The number of ketones is 1. The molecule has 33 heavy (non-hydrogen) atoms. The van der Waals surface area contributed by atoms with E-state index >= 15 is 0 Å². The lowest BCUT2D eigenvalue weighted by Gasteiger charge is -2.26. The van der Waals surface area contributed by atoms with Gasteiger partial charge in [0.05, 0.1) is 20.3 Å². The Labute approximate surface area is 195 Å². The van der Waals surface area contributed by atoms with E-state index in [1.807, 2.05) is 48.7 Å². The number of hydrogen-bond acceptors (Lipinski definition) is 5. The third-order valence-corrected chi connectivity index (χ3v) is 8.28. The fourth-order valence-corrected chi connectivity index (χ4v) is 6.76. The molecule has 2 aliphatic rings. The monoisotopic (exact) mass is 464 g/mol. The molecule has 2 aliphatic heterocycles. The van der Waals surface area contributed by atoms with Crippen LogP contribution in [0.3, 0.4) is 0 Å². The van der Waals surface area contributed by atoms with Crippen LogP contribution >= 0.6 is 10.9 Å². The molecule has 0 radical (unpaired) electrons. The topological polar surface area (TPSA) is 83.6 Å². The number of benzene rings is 2. The molecule has 1 aromatic heterocycles. The molecule has 1 fully saturated rings. The smallest absolute Gasteiger partial charge is 0.196 e. The number of hydrogen-bond donors (Lipinski definition) is 4. The van der Waals surface area contributed by atoms with E-state index in [0.29, 0.717) is 24.3 Å². The van der Waals surface area contributed by atoms with Gasteiger partial charge in [0.25, 0.3) is 0 Å². The molecular weight excluding hydrogens is 436 g/mol. The van der Waals surface area contributed by atoms with Crippen LogP contribution in [0.4, 0.5) is 5.69 Å². The average Bonchev–Trinajstić information content (AvgIpc) is 3.46. The van der Waals surface area contributed by atoms with Crippen molar-refractivity contribution in [1.82, 2.24) is 4.98 Å². The Bertz CT molecular complexity index is 1220. The van der Waals surface area contributed by atoms with Crippen molar-refractivity contribution >= 4 is 33.3 Å². The summed E-state index contributed by atoms with van der Waals surface area (Å²) in [5.74, 6) is 0.748. The molecule has 3 heterocycles. The Balaban J connectivity index is 1.54. The number of Topliss-reactive ketones (excluding diaryl/α,β-unsaturated/α-hetero) is 1. The Morgan fingerprint density at radius 1 is 1.24 bits per heavy atom. The molecule has 1 saturated heterocycles. The minimum Gasteiger partial charge on any atom is -0.497 e. The molecule has 0 aliphatic carbocycles. The molecule has 0 spiro atoms. The zero-order chi connectivity index (χ0) is 22.8. The van der Waals surface area contributed by atoms with E-state index in [0.717, 1.165) is 35.2 Å². The Morgan fingerprint density at radius 2 is 2.09 bits per heavy atom. The van der Waals surface area contributed by atoms with E-state index in [1.54, 1.807) is 7.11 Å². The summed E-state index contributed by atoms with van der Waals surface area (Å²) < 4.78 is 11.1. The lowest BCUT2D eigenvalue weighted by atomic mass is 10.1. The molecule has 2 aromatic carbocycles. The van der Waals surface area contributed by atoms with E-state index in [4.69, 9.17) is 9.47 Å². The molecule has 0 bridgehead atoms. The maximum absolute atomic E-state index is 14.0. The predicted octanol–water partition coefficient (Wildman–Crippen LogP) is 4.54. The van der Waals surface area contributed by atoms with E-state index in [1.165, 1.54) is 11.1 Å². The first-order chi connectivity index (χ1) is 16.2. The van der Waals surface area contributed by atoms with Gasteiger partial charge in [-0.1, -0.05) is 18.2 Å². The minimum atomic E-state index is -0.882. The normalized spacial score (nSPS) is 19.5. The fraction of sp³-hybridized carbons (Fsp3) is 0.269. The standard InChI is InChI=1S/C26H28N2O4S/c1-31-21-11-17(6-8-29)10-20(12-21)28-26(33-15-18-7-9-32-14-19(18)16-33)25(30)23-13-27-24-5-3-2-4-22(23)24/h2-5,10-13,15-16,26-29,33H,6-9,14H2,1H3. The van der Waals surface area contributed by atoms with Crippen LogP contribution in [0.5, 0.6) is 5.75 Å². The van der Waals surface area contributed by atoms with Crippen molar-refractivity contribution in [2.24, 2.45) is 0 Å². The Kier molecular flexibility index (Phi) is 6.26. The van der Waals surface area contributed by atoms with Gasteiger partial charge < -0.3 is 24.9 Å². The van der Waals surface area contributed by atoms with E-state index in [9.17, 15) is 9.90 Å². The maximum atomic E-state index is 14.0. The van der Waals surface area contributed by atoms with Gasteiger partial charge in [-0.05, 0) is 58.6 Å². The number of aromatic nitrogens is 1. The summed E-state index contributed by atoms with van der Waals surface area (Å²) >= 11 is 0. The van der Waals surface area contributed by atoms with E-state index in [-0.39, 0.29) is 12.4 Å². The summed E-state index contributed by atoms with van der Waals surface area (Å²) in [4.78, 5) is 17.2. The SMILES string of the molecule is COc1cc(CCO)cc(NC(C(=O)c2c[nH]c3ccccc23)[SH]2C=C3CCOCC3=C2)c1. The van der Waals surface area contributed by atoms with Crippen LogP contribution in [0.1, 0.15) is 22.3 Å². The number of carbonyl (C=O) groups excluding carboxylic acids is 1. The van der Waals surface area contributed by atoms with Gasteiger partial charge in [0.1, 0.15) is 11.1 Å². The number of nitrogens with one attached hydrogen (secondary N) is 2. The molecule has 0 amide bonds. The summed E-state index contributed by atoms with van der Waals surface area (Å²) in [6.45, 7) is 1.38. The van der Waals surface area contributed by atoms with E-state index in [2.05, 4.69) is 21.1 Å². The number of aliphatic hydroxyl groups is 1. The van der Waals surface area contributed by atoms with Gasteiger partial charge in [-0.15, -0.1) is 0 Å². The van der Waals surface area contributed by atoms with Crippen LogP contribution in [0, 0.1) is 0 Å². The Morgan fingerprint density at radius 3 is 2.91 bits per heavy atom. The number of anilines is 1. The summed E-state index contributed by atoms with van der Waals surface area (Å²) in [5.41, 5.74) is 5.91. The molecule has 5 rings (SSSR count). The summed E-state index contributed by atoms with van der Waals surface area (Å²) in [7, 11) is 0.740. The van der Waals surface area contributed by atoms with Crippen molar-refractivity contribution in [3.63, 3.8) is 0 Å². The largest absolute Gasteiger partial charge is 0.497 e. The number of fused-ring (bicyclic) bond motifs is 2. The first-order valence-corrected chi connectivity index (χ1v) is 12.6. The van der Waals surface area contributed by atoms with Crippen LogP contribution < -0.4 is 10.1 Å². The van der Waals surface area contributed by atoms with Crippen LogP contribution in [0.25, 0.3) is 10.9 Å². The van der Waals surface area contributed by atoms with Gasteiger partial charge in [-0.25, -0.2) is 0 Å². The highest BCUT2D eigenvalue weighted by Crippen LogP contribution is 2.47. The van der Waals surface area contributed by atoms with Crippen molar-refractivity contribution in [2.75, 3.05) is 32.2 Å². The molecule has 172 valence electrons. The second-order valence-corrected chi connectivity index (χ2v) is 10.2. The van der Waals surface area contributed by atoms with Crippen molar-refractivity contribution in [3.05, 3.63) is 81.8 Å². The second-order valence-electron chi connectivity index (χ2n) is 8.26. The fourth-order valence-electron chi connectivity index (χ4n) is 4.42. The quantitative estimate of drug-likeness (QED) is 0.291. The van der Waals surface area contributed by atoms with Gasteiger partial charge in [0.15, 0.2) is 5.78 Å². The Hall–Kier alpha value is -3.00. The number of methoxy groups -OCH3 is 1. The first kappa shape index (κ1) is 21.8. The summed E-state index contributed by atoms with van der Waals surface area (Å²) in [5, 5.41) is 17.9. The number of rotatable bonds is 8. The van der Waals surface area contributed by atoms with E-state index < -0.39 is 16.3 Å². The molecule has 6 nitrogen and oxygen atoms in total. The molecule has 2 unspecified atom stereocenters. The number of para-hydroxylation sites is 1. The number of aromatic amines is 1.